The predicted octanol–water partition coefficient (Wildman–Crippen LogP) is 2.71. The summed E-state index contributed by atoms with van der Waals surface area (Å²) in [4.78, 5) is 25.4. The van der Waals surface area contributed by atoms with Crippen LogP contribution in [0.2, 0.25) is 0 Å². The van der Waals surface area contributed by atoms with Gasteiger partial charge in [-0.25, -0.2) is 0 Å². The fraction of sp³-hybridized carbons (Fsp3) is 0.579. The fourth-order valence-electron chi connectivity index (χ4n) is 5.55. The van der Waals surface area contributed by atoms with E-state index in [0.29, 0.717) is 17.8 Å². The summed E-state index contributed by atoms with van der Waals surface area (Å²) in [5, 5.41) is 11.1. The molecule has 4 bridgehead atoms. The highest BCUT2D eigenvalue weighted by molar-refractivity contribution is 5.98. The van der Waals surface area contributed by atoms with Crippen LogP contribution < -0.4 is 5.43 Å². The topological polar surface area (TPSA) is 69.6 Å². The summed E-state index contributed by atoms with van der Waals surface area (Å²) in [6.07, 6.45) is 6.72. The zero-order valence-electron chi connectivity index (χ0n) is 14.0. The Hall–Kier alpha value is -2.04. The number of hydrogen-bond acceptors (Lipinski definition) is 3. The molecule has 2 N–H and O–H groups in total. The molecule has 4 aliphatic rings. The predicted molar refractivity (Wildman–Crippen MR) is 88.9 cm³/mol. The average molecular weight is 328 g/mol. The number of nitrogens with zero attached hydrogens (tertiary/aromatic N) is 1. The van der Waals surface area contributed by atoms with E-state index in [1.54, 1.807) is 25.2 Å². The van der Waals surface area contributed by atoms with Crippen molar-refractivity contribution >= 4 is 11.8 Å². The lowest BCUT2D eigenvalue weighted by molar-refractivity contribution is -0.150. The largest absolute Gasteiger partial charge is 0.507 e. The number of amides is 2. The summed E-state index contributed by atoms with van der Waals surface area (Å²) in [6, 6.07) is 6.40. The van der Waals surface area contributed by atoms with E-state index < -0.39 is 5.91 Å². The van der Waals surface area contributed by atoms with Crippen LogP contribution in [-0.4, -0.2) is 29.0 Å². The molecule has 0 aliphatic heterocycles. The Morgan fingerprint density at radius 3 is 2.17 bits per heavy atom. The summed E-state index contributed by atoms with van der Waals surface area (Å²) in [6.45, 7) is 0. The van der Waals surface area contributed by atoms with E-state index in [4.69, 9.17) is 0 Å². The van der Waals surface area contributed by atoms with Crippen molar-refractivity contribution in [2.24, 2.45) is 23.2 Å². The number of nitrogens with one attached hydrogen (secondary N) is 1. The van der Waals surface area contributed by atoms with Crippen molar-refractivity contribution in [3.8, 4) is 5.75 Å². The van der Waals surface area contributed by atoms with E-state index in [2.05, 4.69) is 5.43 Å². The highest BCUT2D eigenvalue weighted by Crippen LogP contribution is 2.60. The second-order valence-electron chi connectivity index (χ2n) is 8.02. The number of carbonyl (C=O) groups excluding carboxylic acids is 2. The minimum Gasteiger partial charge on any atom is -0.507 e. The number of phenolic OH excluding ortho intramolecular Hbond substituents is 1. The molecule has 1 aromatic carbocycles. The number of benzene rings is 1. The third-order valence-corrected chi connectivity index (χ3v) is 6.23. The normalized spacial score (nSPS) is 33.3. The second kappa shape index (κ2) is 5.50. The number of carbonyl (C=O) groups is 2. The van der Waals surface area contributed by atoms with Gasteiger partial charge in [-0.3, -0.25) is 20.0 Å². The van der Waals surface area contributed by atoms with E-state index in [0.717, 1.165) is 19.3 Å². The SMILES string of the molecule is CN(NC(=O)C12CC3CC(CC(C3)C1)C2)C(=O)c1ccccc1O. The molecule has 5 rings (SSSR count). The quantitative estimate of drug-likeness (QED) is 0.820. The molecule has 5 nitrogen and oxygen atoms in total. The molecular weight excluding hydrogens is 304 g/mol. The molecule has 4 aliphatic carbocycles. The summed E-state index contributed by atoms with van der Waals surface area (Å²) in [5.41, 5.74) is 2.71. The molecule has 0 aromatic heterocycles. The zero-order chi connectivity index (χ0) is 16.9. The standard InChI is InChI=1S/C19H24N2O3/c1-21(17(23)15-4-2-3-5-16(15)22)20-18(24)19-9-12-6-13(10-19)8-14(7-12)11-19/h2-5,12-14,22H,6-11H2,1H3,(H,20,24). The van der Waals surface area contributed by atoms with Crippen LogP contribution in [0.1, 0.15) is 48.9 Å². The number of hydrogen-bond donors (Lipinski definition) is 2. The van der Waals surface area contributed by atoms with Gasteiger partial charge in [0.05, 0.1) is 11.0 Å². The van der Waals surface area contributed by atoms with Crippen molar-refractivity contribution in [1.29, 1.82) is 0 Å². The fourth-order valence-corrected chi connectivity index (χ4v) is 5.55. The van der Waals surface area contributed by atoms with E-state index in [1.807, 2.05) is 0 Å². The number of aromatic hydroxyl groups is 1. The van der Waals surface area contributed by atoms with Crippen LogP contribution in [0.3, 0.4) is 0 Å². The van der Waals surface area contributed by atoms with Crippen molar-refractivity contribution < 1.29 is 14.7 Å². The maximum atomic E-state index is 13.0. The molecule has 0 atom stereocenters. The van der Waals surface area contributed by atoms with Crippen LogP contribution >= 0.6 is 0 Å². The van der Waals surface area contributed by atoms with Gasteiger partial charge in [0.15, 0.2) is 0 Å². The summed E-state index contributed by atoms with van der Waals surface area (Å²) in [5.74, 6) is 1.56. The van der Waals surface area contributed by atoms with Gasteiger partial charge in [0, 0.05) is 7.05 Å². The molecule has 128 valence electrons. The lowest BCUT2D eigenvalue weighted by Crippen LogP contribution is -2.57. The lowest BCUT2D eigenvalue weighted by atomic mass is 9.49. The van der Waals surface area contributed by atoms with Gasteiger partial charge in [0.1, 0.15) is 5.75 Å². The minimum absolute atomic E-state index is 0.0205. The molecule has 0 heterocycles. The van der Waals surface area contributed by atoms with Crippen LogP contribution in [0.4, 0.5) is 0 Å². The van der Waals surface area contributed by atoms with Crippen LogP contribution in [0.5, 0.6) is 5.75 Å². The molecule has 4 saturated carbocycles. The van der Waals surface area contributed by atoms with Crippen molar-refractivity contribution in [3.63, 3.8) is 0 Å². The van der Waals surface area contributed by atoms with E-state index >= 15 is 0 Å². The van der Waals surface area contributed by atoms with Gasteiger partial charge in [-0.15, -0.1) is 0 Å². The smallest absolute Gasteiger partial charge is 0.275 e. The first-order valence-electron chi connectivity index (χ1n) is 8.84. The van der Waals surface area contributed by atoms with Crippen LogP contribution in [0.25, 0.3) is 0 Å². The van der Waals surface area contributed by atoms with Gasteiger partial charge in [-0.1, -0.05) is 12.1 Å². The number of para-hydroxylation sites is 1. The molecule has 1 aromatic rings. The molecule has 24 heavy (non-hydrogen) atoms. The summed E-state index contributed by atoms with van der Waals surface area (Å²) >= 11 is 0. The number of hydrazine groups is 1. The highest BCUT2D eigenvalue weighted by Gasteiger charge is 2.54. The lowest BCUT2D eigenvalue weighted by Gasteiger charge is -2.55. The van der Waals surface area contributed by atoms with Crippen molar-refractivity contribution in [2.45, 2.75) is 38.5 Å². The summed E-state index contributed by atoms with van der Waals surface area (Å²) < 4.78 is 0. The molecule has 0 saturated heterocycles. The van der Waals surface area contributed by atoms with Gasteiger partial charge in [0.25, 0.3) is 5.91 Å². The van der Waals surface area contributed by atoms with Crippen molar-refractivity contribution in [1.82, 2.24) is 10.4 Å². The second-order valence-corrected chi connectivity index (χ2v) is 8.02. The Bertz CT molecular complexity index is 650. The Morgan fingerprint density at radius 1 is 1.08 bits per heavy atom. The number of phenols is 1. The Balaban J connectivity index is 1.48. The molecule has 4 fully saturated rings. The number of rotatable bonds is 2. The van der Waals surface area contributed by atoms with E-state index in [-0.39, 0.29) is 22.6 Å². The molecule has 0 radical (unpaired) electrons. The molecular formula is C19H24N2O3. The van der Waals surface area contributed by atoms with Crippen LogP contribution in [0, 0.1) is 23.2 Å². The van der Waals surface area contributed by atoms with Crippen LogP contribution in [0.15, 0.2) is 24.3 Å². The Kier molecular flexibility index (Phi) is 3.55. The maximum Gasteiger partial charge on any atom is 0.275 e. The first-order chi connectivity index (χ1) is 11.5. The average Bonchev–Trinajstić information content (AvgIpc) is 2.53. The van der Waals surface area contributed by atoms with E-state index in [1.165, 1.54) is 30.3 Å². The van der Waals surface area contributed by atoms with Crippen molar-refractivity contribution in [3.05, 3.63) is 29.8 Å². The monoisotopic (exact) mass is 328 g/mol. The molecule has 2 amide bonds. The third-order valence-electron chi connectivity index (χ3n) is 6.23. The maximum absolute atomic E-state index is 13.0. The Labute approximate surface area is 142 Å². The Morgan fingerprint density at radius 2 is 1.62 bits per heavy atom. The third kappa shape index (κ3) is 2.46. The highest BCUT2D eigenvalue weighted by atomic mass is 16.3. The van der Waals surface area contributed by atoms with Gasteiger partial charge in [0.2, 0.25) is 5.91 Å². The van der Waals surface area contributed by atoms with Crippen LogP contribution in [-0.2, 0) is 4.79 Å². The van der Waals surface area contributed by atoms with Gasteiger partial charge in [-0.2, -0.15) is 0 Å². The van der Waals surface area contributed by atoms with Gasteiger partial charge in [-0.05, 0) is 68.4 Å². The van der Waals surface area contributed by atoms with Gasteiger partial charge >= 0.3 is 0 Å². The molecule has 5 heteroatoms. The van der Waals surface area contributed by atoms with Gasteiger partial charge < -0.3 is 5.11 Å². The van der Waals surface area contributed by atoms with Crippen molar-refractivity contribution in [2.75, 3.05) is 7.05 Å². The molecule has 0 spiro atoms. The zero-order valence-corrected chi connectivity index (χ0v) is 14.0. The first-order valence-corrected chi connectivity index (χ1v) is 8.84. The minimum atomic E-state index is -0.397. The molecule has 0 unspecified atom stereocenters. The summed E-state index contributed by atoms with van der Waals surface area (Å²) in [7, 11) is 1.55. The first kappa shape index (κ1) is 15.5. The van der Waals surface area contributed by atoms with E-state index in [9.17, 15) is 14.7 Å².